The smallest absolute Gasteiger partial charge is 0.335 e. The van der Waals surface area contributed by atoms with Gasteiger partial charge in [-0.15, -0.1) is 0 Å². The summed E-state index contributed by atoms with van der Waals surface area (Å²) in [5, 5.41) is 21.6. The predicted molar refractivity (Wildman–Crippen MR) is 120 cm³/mol. The van der Waals surface area contributed by atoms with E-state index in [1.54, 1.807) is 24.3 Å². The first-order chi connectivity index (χ1) is 15.3. The van der Waals surface area contributed by atoms with Crippen LogP contribution in [0.2, 0.25) is 5.02 Å². The summed E-state index contributed by atoms with van der Waals surface area (Å²) < 4.78 is 5.77. The van der Waals surface area contributed by atoms with Crippen molar-refractivity contribution < 1.29 is 29.0 Å². The van der Waals surface area contributed by atoms with E-state index in [0.717, 1.165) is 23.4 Å². The van der Waals surface area contributed by atoms with Crippen LogP contribution in [0, 0.1) is 0 Å². The zero-order valence-electron chi connectivity index (χ0n) is 16.0. The number of aliphatic imine (C=N–C) groups is 1. The molecule has 3 N–H and O–H groups in total. The maximum Gasteiger partial charge on any atom is 0.335 e. The van der Waals surface area contributed by atoms with Gasteiger partial charge in [0.2, 0.25) is 0 Å². The number of amidine groups is 1. The van der Waals surface area contributed by atoms with Crippen molar-refractivity contribution in [3.05, 3.63) is 81.4 Å². The molecule has 1 saturated heterocycles. The standard InChI is InChI=1S/C22H13ClN2O6S/c23-16-4-2-1-3-15(16)17-6-5-14(31-17)10-18-19(26)25-22(32-18)24-13-8-11(20(27)28)7-12(9-13)21(29)30/h1-10H,(H,27,28)(H,29,30)(H,24,25,26)/b18-10+. The van der Waals surface area contributed by atoms with Crippen LogP contribution in [0.3, 0.4) is 0 Å². The molecule has 4 rings (SSSR count). The van der Waals surface area contributed by atoms with E-state index >= 15 is 0 Å². The second-order valence-electron chi connectivity index (χ2n) is 6.54. The Morgan fingerprint density at radius 3 is 2.38 bits per heavy atom. The van der Waals surface area contributed by atoms with Gasteiger partial charge in [0, 0.05) is 11.6 Å². The molecule has 160 valence electrons. The minimum atomic E-state index is -1.29. The Morgan fingerprint density at radius 2 is 1.72 bits per heavy atom. The van der Waals surface area contributed by atoms with Crippen LogP contribution in [-0.4, -0.2) is 33.2 Å². The van der Waals surface area contributed by atoms with Gasteiger partial charge < -0.3 is 19.9 Å². The molecule has 32 heavy (non-hydrogen) atoms. The molecule has 0 radical (unpaired) electrons. The number of rotatable bonds is 5. The number of carbonyl (C=O) groups is 3. The fraction of sp³-hybridized carbons (Fsp3) is 0. The molecule has 0 saturated carbocycles. The zero-order valence-corrected chi connectivity index (χ0v) is 17.6. The van der Waals surface area contributed by atoms with Crippen LogP contribution < -0.4 is 5.32 Å². The largest absolute Gasteiger partial charge is 0.478 e. The van der Waals surface area contributed by atoms with Crippen LogP contribution in [0.5, 0.6) is 0 Å². The average Bonchev–Trinajstić information content (AvgIpc) is 3.34. The predicted octanol–water partition coefficient (Wildman–Crippen LogP) is 4.89. The van der Waals surface area contributed by atoms with Gasteiger partial charge in [0.1, 0.15) is 11.5 Å². The Labute approximate surface area is 190 Å². The number of carboxylic acids is 2. The van der Waals surface area contributed by atoms with E-state index in [2.05, 4.69) is 10.3 Å². The van der Waals surface area contributed by atoms with Gasteiger partial charge >= 0.3 is 11.9 Å². The van der Waals surface area contributed by atoms with Gasteiger partial charge in [-0.25, -0.2) is 14.6 Å². The quantitative estimate of drug-likeness (QED) is 0.454. The molecule has 1 aromatic heterocycles. The highest BCUT2D eigenvalue weighted by Gasteiger charge is 2.25. The molecule has 3 aromatic rings. The lowest BCUT2D eigenvalue weighted by atomic mass is 10.1. The van der Waals surface area contributed by atoms with Crippen LogP contribution in [0.25, 0.3) is 17.4 Å². The van der Waals surface area contributed by atoms with Crippen LogP contribution >= 0.6 is 23.4 Å². The molecule has 0 bridgehead atoms. The zero-order chi connectivity index (χ0) is 22.8. The summed E-state index contributed by atoms with van der Waals surface area (Å²) in [4.78, 5) is 39.3. The molecule has 0 spiro atoms. The van der Waals surface area contributed by atoms with Crippen LogP contribution in [0.1, 0.15) is 26.5 Å². The third-order valence-electron chi connectivity index (χ3n) is 4.33. The molecular formula is C22H13ClN2O6S. The maximum absolute atomic E-state index is 12.3. The summed E-state index contributed by atoms with van der Waals surface area (Å²) in [5.41, 5.74) is 0.358. The van der Waals surface area contributed by atoms with E-state index in [4.69, 9.17) is 16.0 Å². The second-order valence-corrected chi connectivity index (χ2v) is 7.98. The lowest BCUT2D eigenvalue weighted by Crippen LogP contribution is -2.19. The SMILES string of the molecule is O=C1NC(=Nc2cc(C(=O)O)cc(C(=O)O)c2)S/C1=C/c1ccc(-c2ccccc2Cl)o1. The number of benzene rings is 2. The first kappa shape index (κ1) is 21.4. The summed E-state index contributed by atoms with van der Waals surface area (Å²) in [5.74, 6) is -2.01. The number of hydrogen-bond acceptors (Lipinski definition) is 6. The number of amides is 1. The van der Waals surface area contributed by atoms with Gasteiger partial charge in [0.05, 0.1) is 26.7 Å². The molecule has 8 nitrogen and oxygen atoms in total. The average molecular weight is 469 g/mol. The number of nitrogens with one attached hydrogen (secondary N) is 1. The molecule has 2 heterocycles. The molecule has 1 aliphatic heterocycles. The van der Waals surface area contributed by atoms with Crippen molar-refractivity contribution in [3.63, 3.8) is 0 Å². The minimum absolute atomic E-state index is 0.0883. The topological polar surface area (TPSA) is 129 Å². The maximum atomic E-state index is 12.3. The van der Waals surface area contributed by atoms with Crippen molar-refractivity contribution >= 4 is 58.1 Å². The monoisotopic (exact) mass is 468 g/mol. The Bertz CT molecular complexity index is 1300. The summed E-state index contributed by atoms with van der Waals surface area (Å²) in [6.45, 7) is 0. The minimum Gasteiger partial charge on any atom is -0.478 e. The first-order valence-corrected chi connectivity index (χ1v) is 10.3. The first-order valence-electron chi connectivity index (χ1n) is 9.06. The highest BCUT2D eigenvalue weighted by molar-refractivity contribution is 8.18. The Balaban J connectivity index is 1.60. The van der Waals surface area contributed by atoms with Crippen molar-refractivity contribution in [1.82, 2.24) is 5.32 Å². The number of carboxylic acid groups (broad SMARTS) is 2. The van der Waals surface area contributed by atoms with Crippen LogP contribution in [0.15, 0.2) is 68.9 Å². The van der Waals surface area contributed by atoms with Gasteiger partial charge in [-0.3, -0.25) is 4.79 Å². The third kappa shape index (κ3) is 4.58. The van der Waals surface area contributed by atoms with Crippen molar-refractivity contribution in [2.24, 2.45) is 4.99 Å². The van der Waals surface area contributed by atoms with E-state index in [1.165, 1.54) is 12.1 Å². The van der Waals surface area contributed by atoms with Crippen molar-refractivity contribution in [1.29, 1.82) is 0 Å². The highest BCUT2D eigenvalue weighted by Crippen LogP contribution is 2.32. The number of halogens is 1. The van der Waals surface area contributed by atoms with Crippen molar-refractivity contribution in [2.75, 3.05) is 0 Å². The van der Waals surface area contributed by atoms with Gasteiger partial charge in [0.15, 0.2) is 5.17 Å². The van der Waals surface area contributed by atoms with E-state index in [0.29, 0.717) is 21.4 Å². The molecule has 1 aliphatic rings. The molecule has 1 amide bonds. The molecule has 0 unspecified atom stereocenters. The van der Waals surface area contributed by atoms with Gasteiger partial charge in [-0.05, 0) is 54.2 Å². The van der Waals surface area contributed by atoms with E-state index in [9.17, 15) is 24.6 Å². The van der Waals surface area contributed by atoms with E-state index < -0.39 is 17.8 Å². The molecule has 0 atom stereocenters. The normalized spacial score (nSPS) is 15.8. The number of aromatic carboxylic acids is 2. The number of hydrogen-bond donors (Lipinski definition) is 3. The summed E-state index contributed by atoms with van der Waals surface area (Å²) in [6, 6.07) is 14.1. The van der Waals surface area contributed by atoms with Crippen molar-refractivity contribution in [3.8, 4) is 11.3 Å². The number of carbonyl (C=O) groups excluding carboxylic acids is 1. The molecule has 2 aromatic carbocycles. The number of thioether (sulfide) groups is 1. The molecule has 1 fully saturated rings. The summed E-state index contributed by atoms with van der Waals surface area (Å²) >= 11 is 7.20. The Morgan fingerprint density at radius 1 is 1.03 bits per heavy atom. The van der Waals surface area contributed by atoms with Gasteiger partial charge in [-0.1, -0.05) is 23.7 Å². The number of nitrogens with zero attached hydrogens (tertiary/aromatic N) is 1. The molecule has 10 heteroatoms. The van der Waals surface area contributed by atoms with Crippen molar-refractivity contribution in [2.45, 2.75) is 0 Å². The Hall–Kier alpha value is -3.82. The van der Waals surface area contributed by atoms with Crippen LogP contribution in [0.4, 0.5) is 5.69 Å². The fourth-order valence-corrected chi connectivity index (χ4v) is 3.94. The van der Waals surface area contributed by atoms with Crippen LogP contribution in [-0.2, 0) is 4.79 Å². The van der Waals surface area contributed by atoms with Gasteiger partial charge in [0.25, 0.3) is 5.91 Å². The van der Waals surface area contributed by atoms with E-state index in [1.807, 2.05) is 18.2 Å². The fourth-order valence-electron chi connectivity index (χ4n) is 2.89. The number of furan rings is 1. The lowest BCUT2D eigenvalue weighted by Gasteiger charge is -2.02. The van der Waals surface area contributed by atoms with E-state index in [-0.39, 0.29) is 22.0 Å². The summed E-state index contributed by atoms with van der Waals surface area (Å²) in [6.07, 6.45) is 1.54. The molecular weight excluding hydrogens is 456 g/mol. The summed E-state index contributed by atoms with van der Waals surface area (Å²) in [7, 11) is 0. The lowest BCUT2D eigenvalue weighted by molar-refractivity contribution is -0.115. The second kappa shape index (κ2) is 8.74. The highest BCUT2D eigenvalue weighted by atomic mass is 35.5. The Kier molecular flexibility index (Phi) is 5.85. The molecule has 0 aliphatic carbocycles. The third-order valence-corrected chi connectivity index (χ3v) is 5.57. The van der Waals surface area contributed by atoms with Gasteiger partial charge in [-0.2, -0.15) is 0 Å².